The van der Waals surface area contributed by atoms with Crippen molar-refractivity contribution in [2.24, 2.45) is 5.73 Å². The van der Waals surface area contributed by atoms with Crippen LogP contribution in [0.25, 0.3) is 71.3 Å². The number of carbonyl (C=O) groups is 1. The van der Waals surface area contributed by atoms with Crippen molar-refractivity contribution in [3.8, 4) is 22.3 Å². The first-order chi connectivity index (χ1) is 39.4. The van der Waals surface area contributed by atoms with Crippen LogP contribution < -0.4 is 27.0 Å². The van der Waals surface area contributed by atoms with Crippen LogP contribution in [0.15, 0.2) is 261 Å². The van der Waals surface area contributed by atoms with Gasteiger partial charge in [-0.05, 0) is 112 Å². The zero-order valence-electron chi connectivity index (χ0n) is 46.2. The number of benzene rings is 10. The van der Waals surface area contributed by atoms with Crippen LogP contribution in [-0.2, 0) is 37.4 Å². The molecule has 0 unspecified atom stereocenters. The number of nitrogens with two attached hydrogens (primary N) is 1. The largest absolute Gasteiger partial charge is 2.00 e. The molecule has 6 nitrogen and oxygen atoms in total. The number of rotatable bonds is 13. The molecular weight excluding hydrogens is 1120 g/mol. The summed E-state index contributed by atoms with van der Waals surface area (Å²) in [6.07, 6.45) is 5.20. The molecule has 2 aromatic heterocycles. The molecule has 406 valence electrons. The van der Waals surface area contributed by atoms with E-state index in [9.17, 15) is 0 Å². The average Bonchev–Trinajstić information content (AvgIpc) is 3.60. The second-order valence-electron chi connectivity index (χ2n) is 18.9. The fourth-order valence-electron chi connectivity index (χ4n) is 9.93. The van der Waals surface area contributed by atoms with Gasteiger partial charge in [0.1, 0.15) is 0 Å². The van der Waals surface area contributed by atoms with Gasteiger partial charge in [0.15, 0.2) is 0 Å². The molecule has 10 aromatic carbocycles. The number of fused-ring (bicyclic) bond motifs is 6. The van der Waals surface area contributed by atoms with E-state index in [0.717, 1.165) is 56.6 Å². The minimum Gasteiger partial charge on any atom is -0.672 e. The normalized spacial score (nSPS) is 10.6. The maximum absolute atomic E-state index is 9.00. The first-order valence-corrected chi connectivity index (χ1v) is 30.9. The molecule has 0 fully saturated rings. The predicted octanol–water partition coefficient (Wildman–Crippen LogP) is 16.5. The zero-order chi connectivity index (χ0) is 55.9. The van der Waals surface area contributed by atoms with Gasteiger partial charge in [0.05, 0.1) is 60.6 Å². The van der Waals surface area contributed by atoms with Crippen LogP contribution in [0.1, 0.15) is 45.0 Å². The Morgan fingerprint density at radius 3 is 1.30 bits per heavy atom. The van der Waals surface area contributed by atoms with Crippen molar-refractivity contribution in [3.63, 3.8) is 0 Å². The quantitative estimate of drug-likeness (QED) is 0.0393. The van der Waals surface area contributed by atoms with Crippen LogP contribution in [0.5, 0.6) is 0 Å². The third-order valence-corrected chi connectivity index (χ3v) is 19.4. The van der Waals surface area contributed by atoms with E-state index in [2.05, 4.69) is 229 Å². The first-order valence-electron chi connectivity index (χ1n) is 27.5. The molecule has 0 bridgehead atoms. The summed E-state index contributed by atoms with van der Waals surface area (Å²) >= 11 is 0. The number of unbranched alkanes of at least 4 members (excludes halogenated alkanes) is 1. The summed E-state index contributed by atoms with van der Waals surface area (Å²) in [5.41, 5.74) is 21.9. The van der Waals surface area contributed by atoms with Crippen LogP contribution >= 0.6 is 15.8 Å². The standard InChI is InChI=1S/C28H28P2.C20H16N2.C20H14N2.C2H4O2.C2H6.Ru/c1-5-15-25(16-6-1)29(26-17-7-2-8-18-26)23-13-14-24-30(27-19-9-3-10-20-27)28-21-11-4-12-22-28;2*21-13-16-12-19(14-6-2-1-3-7-14)18-11-10-15-8-4-5-9-17(15)20(18)22-16;1-2(3)4;1-2;/h1-12,15-22H,13-14,23-24H2;1-12H,13,21H2;1-8,10-12,21H,13H2;1H3,(H,3,4);1-2H3;/q;;-2;;;+2/p+2. The summed E-state index contributed by atoms with van der Waals surface area (Å²) in [5, 5.41) is 20.4. The molecule has 0 aliphatic rings. The molecular formula is C72H70N4O2P2Ru+2. The Morgan fingerprint density at radius 1 is 0.481 bits per heavy atom. The van der Waals surface area contributed by atoms with E-state index in [0.29, 0.717) is 6.54 Å². The van der Waals surface area contributed by atoms with Crippen molar-refractivity contribution in [3.05, 3.63) is 284 Å². The van der Waals surface area contributed by atoms with Crippen molar-refractivity contribution < 1.29 is 29.4 Å². The van der Waals surface area contributed by atoms with E-state index < -0.39 is 21.8 Å². The third kappa shape index (κ3) is 16.5. The van der Waals surface area contributed by atoms with Crippen molar-refractivity contribution in [1.82, 2.24) is 9.97 Å². The Labute approximate surface area is 493 Å². The molecule has 0 saturated heterocycles. The Balaban J connectivity index is 0.000000168. The summed E-state index contributed by atoms with van der Waals surface area (Å²) < 4.78 is 0. The van der Waals surface area contributed by atoms with E-state index >= 15 is 0 Å². The van der Waals surface area contributed by atoms with Crippen molar-refractivity contribution in [2.45, 2.75) is 46.7 Å². The van der Waals surface area contributed by atoms with Crippen LogP contribution in [0.2, 0.25) is 0 Å². The second kappa shape index (κ2) is 32.0. The predicted molar refractivity (Wildman–Crippen MR) is 349 cm³/mol. The van der Waals surface area contributed by atoms with Gasteiger partial charge >= 0.3 is 19.5 Å². The van der Waals surface area contributed by atoms with Gasteiger partial charge in [-0.2, -0.15) is 0 Å². The van der Waals surface area contributed by atoms with Gasteiger partial charge in [0, 0.05) is 29.9 Å². The molecule has 2 heterocycles. The van der Waals surface area contributed by atoms with Gasteiger partial charge in [0.25, 0.3) is 5.97 Å². The van der Waals surface area contributed by atoms with Gasteiger partial charge < -0.3 is 21.6 Å². The number of hydrogen-bond donors (Lipinski definition) is 2. The number of carboxylic acids is 1. The van der Waals surface area contributed by atoms with E-state index in [1.165, 1.54) is 73.7 Å². The van der Waals surface area contributed by atoms with Gasteiger partial charge in [0.2, 0.25) is 0 Å². The molecule has 0 aliphatic heterocycles. The molecule has 9 heteroatoms. The van der Waals surface area contributed by atoms with Crippen LogP contribution in [0.4, 0.5) is 0 Å². The number of carboxylic acid groups (broad SMARTS) is 1. The molecule has 4 N–H and O–H groups in total. The van der Waals surface area contributed by atoms with Gasteiger partial charge in [-0.3, -0.25) is 9.78 Å². The fourth-order valence-corrected chi connectivity index (χ4v) is 15.3. The fraction of sp³-hybridized carbons (Fsp3) is 0.125. The first kappa shape index (κ1) is 61.0. The zero-order valence-corrected chi connectivity index (χ0v) is 50.0. The minimum absolute atomic E-state index is 0. The maximum Gasteiger partial charge on any atom is 2.00 e. The minimum atomic E-state index is -0.833. The Bertz CT molecular complexity index is 3490. The number of hydrogen-bond acceptors (Lipinski definition) is 4. The number of aliphatic carboxylic acids is 1. The van der Waals surface area contributed by atoms with Crippen molar-refractivity contribution in [2.75, 3.05) is 12.3 Å². The third-order valence-electron chi connectivity index (χ3n) is 13.6. The van der Waals surface area contributed by atoms with Crippen molar-refractivity contribution >= 4 is 86.4 Å². The summed E-state index contributed by atoms with van der Waals surface area (Å²) in [5.74, 6) is -0.833. The van der Waals surface area contributed by atoms with E-state index in [1.807, 2.05) is 56.3 Å². The number of nitrogens with one attached hydrogen (secondary N) is 1. The molecule has 81 heavy (non-hydrogen) atoms. The Morgan fingerprint density at radius 2 is 0.852 bits per heavy atom. The SMILES string of the molecule is CC.CC(=O)O.NCc1cc(-c2ccccc2)c2ccc3ccccc3c2n1.[NH-]Cc1cc(-c2ccccc2)c2ccc3ccc[c-]c3c2n1.[Ru+2].c1ccc([PH+](CCCC[PH+](c2ccccc2)c2ccccc2)c2ccccc2)cc1. The monoisotopic (exact) mass is 1190 g/mol. The van der Waals surface area contributed by atoms with Crippen LogP contribution in [0.3, 0.4) is 0 Å². The smallest absolute Gasteiger partial charge is 0.672 e. The molecule has 0 aliphatic carbocycles. The molecule has 0 saturated carbocycles. The molecule has 0 atom stereocenters. The van der Waals surface area contributed by atoms with Crippen LogP contribution in [0, 0.1) is 6.07 Å². The molecule has 0 amide bonds. The Kier molecular flexibility index (Phi) is 24.1. The topological polar surface area (TPSA) is 113 Å². The number of aromatic nitrogens is 2. The Hall–Kier alpha value is -7.59. The van der Waals surface area contributed by atoms with E-state index in [1.54, 1.807) is 0 Å². The van der Waals surface area contributed by atoms with E-state index in [-0.39, 0.29) is 26.0 Å². The number of pyridine rings is 2. The summed E-state index contributed by atoms with van der Waals surface area (Å²) in [6.45, 7) is 5.71. The summed E-state index contributed by atoms with van der Waals surface area (Å²) in [4.78, 5) is 18.5. The van der Waals surface area contributed by atoms with E-state index in [4.69, 9.17) is 26.4 Å². The van der Waals surface area contributed by atoms with Gasteiger partial charge in [-0.15, -0.1) is 41.6 Å². The summed E-state index contributed by atoms with van der Waals surface area (Å²) in [6, 6.07) is 95.6. The van der Waals surface area contributed by atoms with Crippen LogP contribution in [-0.4, -0.2) is 33.4 Å². The van der Waals surface area contributed by atoms with Gasteiger partial charge in [-0.25, -0.2) is 0 Å². The molecule has 12 aromatic rings. The molecule has 0 radical (unpaired) electrons. The van der Waals surface area contributed by atoms with Crippen molar-refractivity contribution in [1.29, 1.82) is 0 Å². The molecule has 12 rings (SSSR count). The number of nitrogens with zero attached hydrogens (tertiary/aromatic N) is 2. The molecule has 0 spiro atoms. The average molecular weight is 1190 g/mol. The second-order valence-corrected chi connectivity index (χ2v) is 24.1. The van der Waals surface area contributed by atoms with Gasteiger partial charge in [-0.1, -0.05) is 196 Å². The summed E-state index contributed by atoms with van der Waals surface area (Å²) in [7, 11) is -1.43. The maximum atomic E-state index is 9.00.